The Kier molecular flexibility index (Phi) is 6.52. The van der Waals surface area contributed by atoms with Gasteiger partial charge in [-0.05, 0) is 32.6 Å². The summed E-state index contributed by atoms with van der Waals surface area (Å²) in [5.74, 6) is 0.0357. The lowest BCUT2D eigenvalue weighted by Gasteiger charge is -2.31. The summed E-state index contributed by atoms with van der Waals surface area (Å²) in [5.41, 5.74) is 5.53. The van der Waals surface area contributed by atoms with Crippen LogP contribution in [0.2, 0.25) is 0 Å². The summed E-state index contributed by atoms with van der Waals surface area (Å²) in [6, 6.07) is 0. The number of hydrogen-bond donors (Lipinski definition) is 2. The summed E-state index contributed by atoms with van der Waals surface area (Å²) >= 11 is 0. The highest BCUT2D eigenvalue weighted by atomic mass is 16.5. The number of nitrogens with one attached hydrogen (secondary N) is 1. The number of rotatable bonds is 7. The van der Waals surface area contributed by atoms with E-state index in [4.69, 9.17) is 10.5 Å². The van der Waals surface area contributed by atoms with Crippen LogP contribution in [0.3, 0.4) is 0 Å². The fourth-order valence-electron chi connectivity index (χ4n) is 2.26. The van der Waals surface area contributed by atoms with E-state index in [2.05, 4.69) is 5.32 Å². The maximum Gasteiger partial charge on any atom is 0.240 e. The second-order valence-electron chi connectivity index (χ2n) is 4.88. The Balaban J connectivity index is 2.11. The first-order chi connectivity index (χ1) is 8.19. The van der Waals surface area contributed by atoms with Crippen molar-refractivity contribution < 1.29 is 9.53 Å². The highest BCUT2D eigenvalue weighted by Gasteiger charge is 2.34. The van der Waals surface area contributed by atoms with Gasteiger partial charge in [0, 0.05) is 19.8 Å². The molecule has 4 heteroatoms. The first-order valence-electron chi connectivity index (χ1n) is 6.84. The van der Waals surface area contributed by atoms with Crippen LogP contribution in [0.5, 0.6) is 0 Å². The van der Waals surface area contributed by atoms with Crippen LogP contribution in [0.4, 0.5) is 0 Å². The van der Waals surface area contributed by atoms with E-state index in [0.717, 1.165) is 51.7 Å². The third-order valence-corrected chi connectivity index (χ3v) is 3.40. The van der Waals surface area contributed by atoms with Crippen LogP contribution in [0.25, 0.3) is 0 Å². The zero-order valence-corrected chi connectivity index (χ0v) is 11.0. The molecule has 0 heterocycles. The van der Waals surface area contributed by atoms with Gasteiger partial charge in [0.05, 0.1) is 5.54 Å². The van der Waals surface area contributed by atoms with Gasteiger partial charge in [0.15, 0.2) is 0 Å². The molecule has 0 atom stereocenters. The number of amides is 1. The van der Waals surface area contributed by atoms with Gasteiger partial charge >= 0.3 is 0 Å². The van der Waals surface area contributed by atoms with E-state index < -0.39 is 5.54 Å². The minimum Gasteiger partial charge on any atom is -0.382 e. The van der Waals surface area contributed by atoms with Crippen LogP contribution >= 0.6 is 0 Å². The second kappa shape index (κ2) is 7.67. The molecule has 17 heavy (non-hydrogen) atoms. The summed E-state index contributed by atoms with van der Waals surface area (Å²) in [6.07, 6.45) is 6.98. The number of hydrogen-bond acceptors (Lipinski definition) is 3. The van der Waals surface area contributed by atoms with Gasteiger partial charge < -0.3 is 15.8 Å². The molecule has 1 rings (SSSR count). The summed E-state index contributed by atoms with van der Waals surface area (Å²) in [6.45, 7) is 4.24. The zero-order valence-electron chi connectivity index (χ0n) is 11.0. The Hall–Kier alpha value is -0.610. The van der Waals surface area contributed by atoms with Crippen LogP contribution in [0.15, 0.2) is 0 Å². The van der Waals surface area contributed by atoms with E-state index in [1.165, 1.54) is 6.42 Å². The Morgan fingerprint density at radius 2 is 2.00 bits per heavy atom. The number of ether oxygens (including phenoxy) is 1. The highest BCUT2D eigenvalue weighted by molar-refractivity contribution is 5.86. The van der Waals surface area contributed by atoms with Crippen LogP contribution in [-0.4, -0.2) is 31.2 Å². The van der Waals surface area contributed by atoms with Crippen molar-refractivity contribution >= 4 is 5.91 Å². The molecule has 1 amide bonds. The maximum absolute atomic E-state index is 11.9. The molecule has 1 saturated carbocycles. The molecular weight excluding hydrogens is 216 g/mol. The SMILES string of the molecule is CCOCCCCNC(=O)C1(N)CCCCC1. The summed E-state index contributed by atoms with van der Waals surface area (Å²) in [4.78, 5) is 11.9. The molecule has 3 N–H and O–H groups in total. The normalized spacial score (nSPS) is 18.9. The van der Waals surface area contributed by atoms with Crippen molar-refractivity contribution in [3.05, 3.63) is 0 Å². The van der Waals surface area contributed by atoms with Gasteiger partial charge in [-0.15, -0.1) is 0 Å². The van der Waals surface area contributed by atoms with Gasteiger partial charge in [0.2, 0.25) is 5.91 Å². The van der Waals surface area contributed by atoms with E-state index in [9.17, 15) is 4.79 Å². The molecule has 1 aliphatic carbocycles. The molecule has 0 bridgehead atoms. The first kappa shape index (κ1) is 14.5. The summed E-state index contributed by atoms with van der Waals surface area (Å²) in [7, 11) is 0. The van der Waals surface area contributed by atoms with Crippen LogP contribution < -0.4 is 11.1 Å². The van der Waals surface area contributed by atoms with Crippen LogP contribution in [0, 0.1) is 0 Å². The molecular formula is C13H26N2O2. The molecule has 0 aromatic carbocycles. The van der Waals surface area contributed by atoms with Gasteiger partial charge in [-0.3, -0.25) is 4.79 Å². The van der Waals surface area contributed by atoms with Crippen molar-refractivity contribution in [3.63, 3.8) is 0 Å². The van der Waals surface area contributed by atoms with E-state index in [-0.39, 0.29) is 5.91 Å². The Bertz CT molecular complexity index is 225. The van der Waals surface area contributed by atoms with Crippen LogP contribution in [-0.2, 0) is 9.53 Å². The maximum atomic E-state index is 11.9. The third-order valence-electron chi connectivity index (χ3n) is 3.40. The average Bonchev–Trinajstić information content (AvgIpc) is 2.34. The molecule has 100 valence electrons. The molecule has 0 unspecified atom stereocenters. The smallest absolute Gasteiger partial charge is 0.240 e. The Labute approximate surface area is 104 Å². The topological polar surface area (TPSA) is 64.3 Å². The molecule has 0 aliphatic heterocycles. The van der Waals surface area contributed by atoms with E-state index in [1.54, 1.807) is 0 Å². The minimum atomic E-state index is -0.599. The van der Waals surface area contributed by atoms with E-state index in [1.807, 2.05) is 6.92 Å². The largest absolute Gasteiger partial charge is 0.382 e. The van der Waals surface area contributed by atoms with Crippen molar-refractivity contribution in [2.45, 2.75) is 57.4 Å². The predicted molar refractivity (Wildman–Crippen MR) is 68.7 cm³/mol. The molecule has 0 radical (unpaired) electrons. The van der Waals surface area contributed by atoms with Gasteiger partial charge in [0.25, 0.3) is 0 Å². The second-order valence-corrected chi connectivity index (χ2v) is 4.88. The quantitative estimate of drug-likeness (QED) is 0.666. The standard InChI is InChI=1S/C13H26N2O2/c1-2-17-11-7-6-10-15-12(16)13(14)8-4-3-5-9-13/h2-11,14H2,1H3,(H,15,16). The average molecular weight is 242 g/mol. The number of carbonyl (C=O) groups is 1. The third kappa shape index (κ3) is 5.04. The molecule has 1 aliphatic rings. The fourth-order valence-corrected chi connectivity index (χ4v) is 2.26. The predicted octanol–water partition coefficient (Wildman–Crippen LogP) is 1.58. The van der Waals surface area contributed by atoms with Crippen LogP contribution in [0.1, 0.15) is 51.9 Å². The van der Waals surface area contributed by atoms with Gasteiger partial charge in [-0.1, -0.05) is 19.3 Å². The number of nitrogens with two attached hydrogens (primary N) is 1. The summed E-state index contributed by atoms with van der Waals surface area (Å²) in [5, 5.41) is 2.95. The molecule has 0 aromatic heterocycles. The highest BCUT2D eigenvalue weighted by Crippen LogP contribution is 2.25. The molecule has 4 nitrogen and oxygen atoms in total. The van der Waals surface area contributed by atoms with E-state index >= 15 is 0 Å². The fraction of sp³-hybridized carbons (Fsp3) is 0.923. The van der Waals surface area contributed by atoms with Crippen molar-refractivity contribution in [1.82, 2.24) is 5.32 Å². The van der Waals surface area contributed by atoms with Gasteiger partial charge in [-0.2, -0.15) is 0 Å². The molecule has 0 aromatic rings. The zero-order chi connectivity index (χ0) is 12.6. The van der Waals surface area contributed by atoms with Crippen molar-refractivity contribution in [2.75, 3.05) is 19.8 Å². The van der Waals surface area contributed by atoms with Crippen molar-refractivity contribution in [1.29, 1.82) is 0 Å². The number of carbonyl (C=O) groups excluding carboxylic acids is 1. The van der Waals surface area contributed by atoms with Crippen molar-refractivity contribution in [2.24, 2.45) is 5.73 Å². The molecule has 0 saturated heterocycles. The number of unbranched alkanes of at least 4 members (excludes halogenated alkanes) is 1. The van der Waals surface area contributed by atoms with Gasteiger partial charge in [0.1, 0.15) is 0 Å². The Morgan fingerprint density at radius 3 is 2.65 bits per heavy atom. The van der Waals surface area contributed by atoms with E-state index in [0.29, 0.717) is 6.54 Å². The molecule has 0 spiro atoms. The lowest BCUT2D eigenvalue weighted by atomic mass is 9.82. The Morgan fingerprint density at radius 1 is 1.29 bits per heavy atom. The monoisotopic (exact) mass is 242 g/mol. The minimum absolute atomic E-state index is 0.0357. The lowest BCUT2D eigenvalue weighted by Crippen LogP contribution is -2.55. The lowest BCUT2D eigenvalue weighted by molar-refractivity contribution is -0.127. The van der Waals surface area contributed by atoms with Crippen molar-refractivity contribution in [3.8, 4) is 0 Å². The van der Waals surface area contributed by atoms with Gasteiger partial charge in [-0.25, -0.2) is 0 Å². The summed E-state index contributed by atoms with van der Waals surface area (Å²) < 4.78 is 5.24. The molecule has 1 fully saturated rings. The first-order valence-corrected chi connectivity index (χ1v) is 6.84.